The van der Waals surface area contributed by atoms with Crippen molar-refractivity contribution in [2.24, 2.45) is 23.7 Å². The molecule has 1 heteroatoms. The molecule has 1 fully saturated rings. The first-order chi connectivity index (χ1) is 10.5. The number of aliphatic hydroxyl groups excluding tert-OH is 1. The molecule has 1 aromatic carbocycles. The summed E-state index contributed by atoms with van der Waals surface area (Å²) in [7, 11) is 0. The third-order valence-electron chi connectivity index (χ3n) is 5.29. The van der Waals surface area contributed by atoms with Crippen LogP contribution in [0.5, 0.6) is 0 Å². The van der Waals surface area contributed by atoms with Gasteiger partial charge in [0.15, 0.2) is 0 Å². The number of hydrogen-bond donors (Lipinski definition) is 1. The van der Waals surface area contributed by atoms with Crippen LogP contribution in [-0.2, 0) is 6.42 Å². The van der Waals surface area contributed by atoms with Gasteiger partial charge in [-0.05, 0) is 55.4 Å². The summed E-state index contributed by atoms with van der Waals surface area (Å²) in [6.45, 7) is 9.09. The van der Waals surface area contributed by atoms with E-state index < -0.39 is 0 Å². The summed E-state index contributed by atoms with van der Waals surface area (Å²) in [5, 5.41) is 10.8. The molecule has 0 radical (unpaired) electrons. The van der Waals surface area contributed by atoms with Crippen molar-refractivity contribution in [1.29, 1.82) is 0 Å². The fourth-order valence-electron chi connectivity index (χ4n) is 4.06. The van der Waals surface area contributed by atoms with Crippen molar-refractivity contribution in [3.8, 4) is 0 Å². The van der Waals surface area contributed by atoms with E-state index in [1.807, 2.05) is 6.07 Å². The van der Waals surface area contributed by atoms with Gasteiger partial charge in [0, 0.05) is 0 Å². The Labute approximate surface area is 136 Å². The minimum Gasteiger partial charge on any atom is -0.389 e. The van der Waals surface area contributed by atoms with E-state index >= 15 is 0 Å². The van der Waals surface area contributed by atoms with Crippen molar-refractivity contribution in [1.82, 2.24) is 0 Å². The molecule has 0 amide bonds. The van der Waals surface area contributed by atoms with Gasteiger partial charge in [0.05, 0.1) is 6.10 Å². The van der Waals surface area contributed by atoms with Crippen molar-refractivity contribution in [3.63, 3.8) is 0 Å². The lowest BCUT2D eigenvalue weighted by Crippen LogP contribution is -2.35. The van der Waals surface area contributed by atoms with Gasteiger partial charge in [-0.25, -0.2) is 0 Å². The van der Waals surface area contributed by atoms with Gasteiger partial charge in [0.2, 0.25) is 0 Å². The highest BCUT2D eigenvalue weighted by Crippen LogP contribution is 2.40. The highest BCUT2D eigenvalue weighted by molar-refractivity contribution is 5.21. The fraction of sp³-hybridized carbons (Fsp3) is 0.619. The Hall–Kier alpha value is -1.08. The zero-order valence-electron chi connectivity index (χ0n) is 14.6. The summed E-state index contributed by atoms with van der Waals surface area (Å²) in [5.74, 6) is 2.49. The molecular weight excluding hydrogens is 268 g/mol. The normalized spacial score (nSPS) is 27.9. The molecular formula is C21H32O. The van der Waals surface area contributed by atoms with Gasteiger partial charge in [0.1, 0.15) is 0 Å². The first-order valence-corrected chi connectivity index (χ1v) is 8.86. The quantitative estimate of drug-likeness (QED) is 0.737. The lowest BCUT2D eigenvalue weighted by Gasteiger charge is -2.39. The van der Waals surface area contributed by atoms with Crippen LogP contribution in [0.4, 0.5) is 0 Å². The lowest BCUT2D eigenvalue weighted by atomic mass is 9.68. The first kappa shape index (κ1) is 17.3. The summed E-state index contributed by atoms with van der Waals surface area (Å²) >= 11 is 0. The van der Waals surface area contributed by atoms with Crippen LogP contribution in [0.3, 0.4) is 0 Å². The van der Waals surface area contributed by atoms with Crippen molar-refractivity contribution < 1.29 is 5.11 Å². The Morgan fingerprint density at radius 1 is 1.18 bits per heavy atom. The van der Waals surface area contributed by atoms with Gasteiger partial charge in [0.25, 0.3) is 0 Å². The van der Waals surface area contributed by atoms with Crippen LogP contribution in [0.1, 0.15) is 52.5 Å². The molecule has 1 aliphatic carbocycles. The van der Waals surface area contributed by atoms with Crippen LogP contribution in [0.25, 0.3) is 0 Å². The van der Waals surface area contributed by atoms with Crippen LogP contribution in [-0.4, -0.2) is 11.2 Å². The molecule has 122 valence electrons. The van der Waals surface area contributed by atoms with Gasteiger partial charge < -0.3 is 5.11 Å². The van der Waals surface area contributed by atoms with Crippen molar-refractivity contribution >= 4 is 0 Å². The van der Waals surface area contributed by atoms with Crippen LogP contribution < -0.4 is 0 Å². The molecule has 4 atom stereocenters. The second-order valence-electron chi connectivity index (χ2n) is 7.66. The van der Waals surface area contributed by atoms with Gasteiger partial charge in [-0.15, -0.1) is 0 Å². The standard InChI is InChI=1S/C21H32O/c1-15(2)19-11-10-16(3)13-20(19)21(22)14-17(4)12-18-8-6-5-7-9-18/h5-9,14-16,19-22H,10-13H2,1-4H3/b17-14+/t16-,19-,20-,21+/m1/s1. The van der Waals surface area contributed by atoms with Gasteiger partial charge >= 0.3 is 0 Å². The van der Waals surface area contributed by atoms with Crippen LogP contribution >= 0.6 is 0 Å². The molecule has 0 unspecified atom stereocenters. The van der Waals surface area contributed by atoms with Crippen LogP contribution in [0.15, 0.2) is 42.0 Å². The topological polar surface area (TPSA) is 20.2 Å². The van der Waals surface area contributed by atoms with Gasteiger partial charge in [-0.2, -0.15) is 0 Å². The Bertz CT molecular complexity index is 474. The highest BCUT2D eigenvalue weighted by Gasteiger charge is 2.34. The van der Waals surface area contributed by atoms with Crippen molar-refractivity contribution in [2.45, 2.75) is 59.5 Å². The maximum atomic E-state index is 10.8. The van der Waals surface area contributed by atoms with Crippen LogP contribution in [0, 0.1) is 23.7 Å². The zero-order chi connectivity index (χ0) is 16.1. The predicted octanol–water partition coefficient (Wildman–Crippen LogP) is 5.24. The second kappa shape index (κ2) is 7.97. The monoisotopic (exact) mass is 300 g/mol. The van der Waals surface area contributed by atoms with E-state index in [1.165, 1.54) is 30.4 Å². The largest absolute Gasteiger partial charge is 0.389 e. The molecule has 2 rings (SSSR count). The number of benzene rings is 1. The SMILES string of the molecule is C/C(=C\[C@H](O)[C@@H]1C[C@H](C)CC[C@@H]1C(C)C)Cc1ccccc1. The summed E-state index contributed by atoms with van der Waals surface area (Å²) in [6, 6.07) is 10.5. The maximum Gasteiger partial charge on any atom is 0.0754 e. The summed E-state index contributed by atoms with van der Waals surface area (Å²) in [6.07, 6.45) is 6.51. The Kier molecular flexibility index (Phi) is 6.26. The van der Waals surface area contributed by atoms with E-state index in [1.54, 1.807) is 0 Å². The Morgan fingerprint density at radius 2 is 1.86 bits per heavy atom. The Morgan fingerprint density at radius 3 is 2.50 bits per heavy atom. The van der Waals surface area contributed by atoms with Crippen LogP contribution in [0.2, 0.25) is 0 Å². The maximum absolute atomic E-state index is 10.8. The molecule has 1 N–H and O–H groups in total. The average Bonchev–Trinajstić information content (AvgIpc) is 2.47. The molecule has 0 aromatic heterocycles. The molecule has 1 aromatic rings. The summed E-state index contributed by atoms with van der Waals surface area (Å²) in [4.78, 5) is 0. The van der Waals surface area contributed by atoms with Crippen molar-refractivity contribution in [2.75, 3.05) is 0 Å². The first-order valence-electron chi connectivity index (χ1n) is 8.86. The minimum absolute atomic E-state index is 0.293. The number of allylic oxidation sites excluding steroid dienone is 1. The fourth-order valence-corrected chi connectivity index (χ4v) is 4.06. The molecule has 1 nitrogen and oxygen atoms in total. The molecule has 0 saturated heterocycles. The lowest BCUT2D eigenvalue weighted by molar-refractivity contribution is 0.0422. The average molecular weight is 300 g/mol. The number of aliphatic hydroxyl groups is 1. The van der Waals surface area contributed by atoms with E-state index in [-0.39, 0.29) is 6.10 Å². The van der Waals surface area contributed by atoms with Crippen molar-refractivity contribution in [3.05, 3.63) is 47.5 Å². The molecule has 1 saturated carbocycles. The zero-order valence-corrected chi connectivity index (χ0v) is 14.6. The highest BCUT2D eigenvalue weighted by atomic mass is 16.3. The molecule has 1 aliphatic rings. The Balaban J connectivity index is 2.04. The van der Waals surface area contributed by atoms with Gasteiger partial charge in [-0.3, -0.25) is 0 Å². The molecule has 0 spiro atoms. The second-order valence-corrected chi connectivity index (χ2v) is 7.66. The molecule has 22 heavy (non-hydrogen) atoms. The molecule has 0 heterocycles. The predicted molar refractivity (Wildman–Crippen MR) is 94.7 cm³/mol. The number of rotatable bonds is 5. The van der Waals surface area contributed by atoms with E-state index in [9.17, 15) is 5.11 Å². The third-order valence-corrected chi connectivity index (χ3v) is 5.29. The third kappa shape index (κ3) is 4.71. The minimum atomic E-state index is -0.293. The van der Waals surface area contributed by atoms with E-state index in [0.717, 1.165) is 12.3 Å². The molecule has 0 aliphatic heterocycles. The smallest absolute Gasteiger partial charge is 0.0754 e. The number of hydrogen-bond acceptors (Lipinski definition) is 1. The van der Waals surface area contributed by atoms with Gasteiger partial charge in [-0.1, -0.05) is 69.2 Å². The van der Waals surface area contributed by atoms with E-state index in [4.69, 9.17) is 0 Å². The molecule has 0 bridgehead atoms. The summed E-state index contributed by atoms with van der Waals surface area (Å²) < 4.78 is 0. The summed E-state index contributed by atoms with van der Waals surface area (Å²) in [5.41, 5.74) is 2.60. The van der Waals surface area contributed by atoms with E-state index in [0.29, 0.717) is 17.8 Å². The van der Waals surface area contributed by atoms with E-state index in [2.05, 4.69) is 58.0 Å².